The van der Waals surface area contributed by atoms with E-state index in [-0.39, 0.29) is 11.7 Å². The SMILES string of the molecule is CCCCN(C)CC1CCN(C(=O)c2nn[nH]n2)CC1. The van der Waals surface area contributed by atoms with Crippen molar-refractivity contribution in [1.82, 2.24) is 30.4 Å². The molecule has 0 aromatic carbocycles. The molecule has 1 amide bonds. The summed E-state index contributed by atoms with van der Waals surface area (Å²) in [5.74, 6) is 0.742. The van der Waals surface area contributed by atoms with Crippen molar-refractivity contribution in [2.24, 2.45) is 5.92 Å². The number of rotatable bonds is 6. The average molecular weight is 280 g/mol. The quantitative estimate of drug-likeness (QED) is 0.833. The largest absolute Gasteiger partial charge is 0.336 e. The lowest BCUT2D eigenvalue weighted by Crippen LogP contribution is -2.41. The smallest absolute Gasteiger partial charge is 0.295 e. The number of piperidine rings is 1. The van der Waals surface area contributed by atoms with Gasteiger partial charge in [0.05, 0.1) is 0 Å². The number of tetrazole rings is 1. The number of aromatic amines is 1. The van der Waals surface area contributed by atoms with E-state index in [0.29, 0.717) is 5.92 Å². The van der Waals surface area contributed by atoms with Crippen molar-refractivity contribution in [1.29, 1.82) is 0 Å². The lowest BCUT2D eigenvalue weighted by Gasteiger charge is -2.33. The second-order valence-electron chi connectivity index (χ2n) is 5.59. The molecule has 1 aromatic heterocycles. The maximum atomic E-state index is 12.1. The molecule has 1 fully saturated rings. The first-order valence-corrected chi connectivity index (χ1v) is 7.42. The van der Waals surface area contributed by atoms with Crippen LogP contribution < -0.4 is 0 Å². The number of carbonyl (C=O) groups is 1. The molecular weight excluding hydrogens is 256 g/mol. The van der Waals surface area contributed by atoms with Crippen LogP contribution in [-0.2, 0) is 0 Å². The summed E-state index contributed by atoms with van der Waals surface area (Å²) in [6.07, 6.45) is 4.60. The number of aromatic nitrogens is 4. The van der Waals surface area contributed by atoms with Crippen LogP contribution in [0.2, 0.25) is 0 Å². The number of unbranched alkanes of at least 4 members (excludes halogenated alkanes) is 1. The lowest BCUT2D eigenvalue weighted by atomic mass is 9.96. The maximum Gasteiger partial charge on any atom is 0.295 e. The van der Waals surface area contributed by atoms with Crippen molar-refractivity contribution in [2.45, 2.75) is 32.6 Å². The number of amides is 1. The van der Waals surface area contributed by atoms with Gasteiger partial charge in [0.1, 0.15) is 0 Å². The molecule has 0 aliphatic carbocycles. The minimum atomic E-state index is -0.114. The third-order valence-electron chi connectivity index (χ3n) is 3.90. The van der Waals surface area contributed by atoms with E-state index in [9.17, 15) is 4.79 Å². The highest BCUT2D eigenvalue weighted by atomic mass is 16.2. The predicted molar refractivity (Wildman–Crippen MR) is 75.2 cm³/mol. The molecule has 1 aliphatic rings. The fourth-order valence-electron chi connectivity index (χ4n) is 2.67. The van der Waals surface area contributed by atoms with Crippen molar-refractivity contribution in [3.05, 3.63) is 5.82 Å². The Balaban J connectivity index is 1.73. The molecule has 2 heterocycles. The van der Waals surface area contributed by atoms with E-state index in [1.807, 2.05) is 4.90 Å². The summed E-state index contributed by atoms with van der Waals surface area (Å²) in [7, 11) is 2.19. The summed E-state index contributed by atoms with van der Waals surface area (Å²) in [6.45, 7) is 6.10. The third kappa shape index (κ3) is 4.00. The van der Waals surface area contributed by atoms with Gasteiger partial charge in [0.25, 0.3) is 11.7 Å². The van der Waals surface area contributed by atoms with E-state index in [4.69, 9.17) is 0 Å². The molecule has 0 saturated carbocycles. The molecule has 7 nitrogen and oxygen atoms in total. The molecule has 2 rings (SSSR count). The van der Waals surface area contributed by atoms with Gasteiger partial charge < -0.3 is 9.80 Å². The zero-order valence-electron chi connectivity index (χ0n) is 12.4. The van der Waals surface area contributed by atoms with Crippen LogP contribution in [0.5, 0.6) is 0 Å². The molecule has 112 valence electrons. The average Bonchev–Trinajstić information content (AvgIpc) is 2.99. The van der Waals surface area contributed by atoms with Crippen LogP contribution in [0.1, 0.15) is 43.2 Å². The van der Waals surface area contributed by atoms with E-state index in [0.717, 1.165) is 32.5 Å². The van der Waals surface area contributed by atoms with Gasteiger partial charge in [-0.2, -0.15) is 5.21 Å². The standard InChI is InChI=1S/C13H24N6O/c1-3-4-7-18(2)10-11-5-8-19(9-6-11)13(20)12-14-16-17-15-12/h11H,3-10H2,1-2H3,(H,14,15,16,17). The van der Waals surface area contributed by atoms with Crippen LogP contribution in [-0.4, -0.2) is 69.6 Å². The molecule has 1 aromatic rings. The number of hydrogen-bond acceptors (Lipinski definition) is 5. The van der Waals surface area contributed by atoms with Crippen LogP contribution >= 0.6 is 0 Å². The zero-order chi connectivity index (χ0) is 14.4. The first-order chi connectivity index (χ1) is 9.70. The van der Waals surface area contributed by atoms with Crippen molar-refractivity contribution < 1.29 is 4.79 Å². The number of nitrogens with zero attached hydrogens (tertiary/aromatic N) is 5. The maximum absolute atomic E-state index is 12.1. The number of H-pyrrole nitrogens is 1. The second-order valence-corrected chi connectivity index (χ2v) is 5.59. The van der Waals surface area contributed by atoms with E-state index in [2.05, 4.69) is 39.5 Å². The van der Waals surface area contributed by atoms with Gasteiger partial charge in [-0.1, -0.05) is 13.3 Å². The summed E-state index contributed by atoms with van der Waals surface area (Å²) in [5.41, 5.74) is 0. The number of hydrogen-bond donors (Lipinski definition) is 1. The Morgan fingerprint density at radius 1 is 1.45 bits per heavy atom. The Hall–Kier alpha value is -1.50. The topological polar surface area (TPSA) is 78.0 Å². The molecule has 1 saturated heterocycles. The van der Waals surface area contributed by atoms with Gasteiger partial charge in [0, 0.05) is 19.6 Å². The molecule has 0 spiro atoms. The van der Waals surface area contributed by atoms with Crippen molar-refractivity contribution in [3.8, 4) is 0 Å². The van der Waals surface area contributed by atoms with Gasteiger partial charge in [-0.25, -0.2) is 0 Å². The van der Waals surface area contributed by atoms with Crippen LogP contribution in [0.15, 0.2) is 0 Å². The van der Waals surface area contributed by atoms with Crippen LogP contribution in [0.3, 0.4) is 0 Å². The monoisotopic (exact) mass is 280 g/mol. The molecule has 0 radical (unpaired) electrons. The van der Waals surface area contributed by atoms with Crippen LogP contribution in [0.4, 0.5) is 0 Å². The third-order valence-corrected chi connectivity index (χ3v) is 3.90. The summed E-state index contributed by atoms with van der Waals surface area (Å²) < 4.78 is 0. The Morgan fingerprint density at radius 2 is 2.20 bits per heavy atom. The predicted octanol–water partition coefficient (Wildman–Crippen LogP) is 0.784. The molecule has 20 heavy (non-hydrogen) atoms. The Bertz CT molecular complexity index is 399. The summed E-state index contributed by atoms with van der Waals surface area (Å²) in [5, 5.41) is 13.2. The van der Waals surface area contributed by atoms with Gasteiger partial charge in [0.15, 0.2) is 0 Å². The Kier molecular flexibility index (Phi) is 5.46. The van der Waals surface area contributed by atoms with Crippen molar-refractivity contribution in [3.63, 3.8) is 0 Å². The molecule has 7 heteroatoms. The van der Waals surface area contributed by atoms with Crippen LogP contribution in [0.25, 0.3) is 0 Å². The van der Waals surface area contributed by atoms with E-state index < -0.39 is 0 Å². The first-order valence-electron chi connectivity index (χ1n) is 7.42. The fraction of sp³-hybridized carbons (Fsp3) is 0.846. The van der Waals surface area contributed by atoms with Gasteiger partial charge in [-0.3, -0.25) is 4.79 Å². The highest BCUT2D eigenvalue weighted by Gasteiger charge is 2.26. The molecule has 0 unspecified atom stereocenters. The van der Waals surface area contributed by atoms with Crippen LogP contribution in [0, 0.1) is 5.92 Å². The van der Waals surface area contributed by atoms with Gasteiger partial charge in [0.2, 0.25) is 0 Å². The molecule has 0 bridgehead atoms. The number of carbonyl (C=O) groups excluding carboxylic acids is 1. The second kappa shape index (κ2) is 7.33. The van der Waals surface area contributed by atoms with Gasteiger partial charge in [-0.05, 0) is 44.0 Å². The number of likely N-dealkylation sites (tertiary alicyclic amines) is 1. The first kappa shape index (κ1) is 14.9. The Morgan fingerprint density at radius 3 is 2.80 bits per heavy atom. The van der Waals surface area contributed by atoms with Gasteiger partial charge in [-0.15, -0.1) is 10.2 Å². The van der Waals surface area contributed by atoms with Crippen molar-refractivity contribution >= 4 is 5.91 Å². The minimum absolute atomic E-state index is 0.114. The minimum Gasteiger partial charge on any atom is -0.336 e. The van der Waals surface area contributed by atoms with E-state index >= 15 is 0 Å². The lowest BCUT2D eigenvalue weighted by molar-refractivity contribution is 0.0661. The molecule has 1 N–H and O–H groups in total. The highest BCUT2D eigenvalue weighted by Crippen LogP contribution is 2.19. The van der Waals surface area contributed by atoms with Gasteiger partial charge >= 0.3 is 0 Å². The number of nitrogens with one attached hydrogen (secondary N) is 1. The molecule has 0 atom stereocenters. The summed E-state index contributed by atoms with van der Waals surface area (Å²) in [6, 6.07) is 0. The summed E-state index contributed by atoms with van der Waals surface area (Å²) in [4.78, 5) is 16.3. The molecule has 1 aliphatic heterocycles. The fourth-order valence-corrected chi connectivity index (χ4v) is 2.67. The highest BCUT2D eigenvalue weighted by molar-refractivity contribution is 5.90. The Labute approximate surface area is 119 Å². The zero-order valence-corrected chi connectivity index (χ0v) is 12.4. The summed E-state index contributed by atoms with van der Waals surface area (Å²) >= 11 is 0. The normalized spacial score (nSPS) is 16.9. The molecular formula is C13H24N6O. The van der Waals surface area contributed by atoms with E-state index in [1.165, 1.54) is 19.4 Å². The van der Waals surface area contributed by atoms with Crippen molar-refractivity contribution in [2.75, 3.05) is 33.2 Å². The van der Waals surface area contributed by atoms with E-state index in [1.54, 1.807) is 0 Å².